The maximum atomic E-state index is 5.29. The van der Waals surface area contributed by atoms with Crippen LogP contribution in [0.3, 0.4) is 0 Å². The van der Waals surface area contributed by atoms with Crippen molar-refractivity contribution in [1.29, 1.82) is 0 Å². The predicted octanol–water partition coefficient (Wildman–Crippen LogP) is 4.53. The molecule has 0 aliphatic rings. The fourth-order valence-electron chi connectivity index (χ4n) is 1.83. The summed E-state index contributed by atoms with van der Waals surface area (Å²) in [4.78, 5) is 7.76. The molecular weight excluding hydrogens is 324 g/mol. The normalized spacial score (nSPS) is 10.5. The van der Waals surface area contributed by atoms with Gasteiger partial charge in [0.2, 0.25) is 0 Å². The van der Waals surface area contributed by atoms with Crippen LogP contribution in [0.1, 0.15) is 19.0 Å². The van der Waals surface area contributed by atoms with Crippen LogP contribution in [0.4, 0.5) is 0 Å². The van der Waals surface area contributed by atoms with Gasteiger partial charge >= 0.3 is 0 Å². The molecule has 0 radical (unpaired) electrons. The summed E-state index contributed by atoms with van der Waals surface area (Å²) in [5.74, 6) is 1.58. The standard InChI is InChI=1S/C14H15BrN2OS/c1-3-5-11-12(15)14(19)17-13(16-11)9-6-4-7-10(8-9)18-2/h4,6-8H,3,5H2,1-2H3,(H,16,17,19). The molecule has 0 unspecified atom stereocenters. The van der Waals surface area contributed by atoms with Crippen molar-refractivity contribution < 1.29 is 4.74 Å². The number of methoxy groups -OCH3 is 1. The summed E-state index contributed by atoms with van der Waals surface area (Å²) in [6, 6.07) is 7.77. The summed E-state index contributed by atoms with van der Waals surface area (Å²) in [5.41, 5.74) is 2.05. The Morgan fingerprint density at radius 3 is 2.89 bits per heavy atom. The van der Waals surface area contributed by atoms with E-state index < -0.39 is 0 Å². The number of aromatic amines is 1. The number of hydrogen-bond acceptors (Lipinski definition) is 3. The third kappa shape index (κ3) is 3.22. The molecule has 1 N–H and O–H groups in total. The van der Waals surface area contributed by atoms with Gasteiger partial charge in [0.1, 0.15) is 16.2 Å². The van der Waals surface area contributed by atoms with Crippen LogP contribution >= 0.6 is 28.1 Å². The van der Waals surface area contributed by atoms with Crippen molar-refractivity contribution in [1.82, 2.24) is 9.97 Å². The van der Waals surface area contributed by atoms with E-state index in [2.05, 4.69) is 32.8 Å². The van der Waals surface area contributed by atoms with E-state index in [4.69, 9.17) is 17.0 Å². The zero-order valence-electron chi connectivity index (χ0n) is 10.9. The monoisotopic (exact) mass is 338 g/mol. The number of aromatic nitrogens is 2. The molecule has 0 aliphatic heterocycles. The maximum Gasteiger partial charge on any atom is 0.144 e. The predicted molar refractivity (Wildman–Crippen MR) is 83.1 cm³/mol. The summed E-state index contributed by atoms with van der Waals surface area (Å²) in [5, 5.41) is 0. The first-order valence-corrected chi connectivity index (χ1v) is 7.29. The highest BCUT2D eigenvalue weighted by Gasteiger charge is 2.08. The molecule has 3 nitrogen and oxygen atoms in total. The van der Waals surface area contributed by atoms with Gasteiger partial charge in [0.15, 0.2) is 0 Å². The Labute approximate surface area is 126 Å². The minimum Gasteiger partial charge on any atom is -0.497 e. The van der Waals surface area contributed by atoms with Gasteiger partial charge in [0.25, 0.3) is 0 Å². The average Bonchev–Trinajstić information content (AvgIpc) is 2.44. The van der Waals surface area contributed by atoms with Gasteiger partial charge in [-0.1, -0.05) is 37.7 Å². The number of nitrogens with one attached hydrogen (secondary N) is 1. The summed E-state index contributed by atoms with van der Waals surface area (Å²) in [6.45, 7) is 2.13. The number of aryl methyl sites for hydroxylation is 1. The second-order valence-electron chi connectivity index (χ2n) is 4.17. The number of nitrogens with zero attached hydrogens (tertiary/aromatic N) is 1. The first-order valence-electron chi connectivity index (χ1n) is 6.08. The van der Waals surface area contributed by atoms with Crippen LogP contribution in [0.5, 0.6) is 5.75 Å². The zero-order chi connectivity index (χ0) is 13.8. The molecule has 5 heteroatoms. The fourth-order valence-corrected chi connectivity index (χ4v) is 2.44. The lowest BCUT2D eigenvalue weighted by atomic mass is 10.2. The minimum atomic E-state index is 0.583. The highest BCUT2D eigenvalue weighted by molar-refractivity contribution is 9.10. The SMILES string of the molecule is CCCc1[nH]c(-c2cccc(OC)c2)nc(=S)c1Br. The lowest BCUT2D eigenvalue weighted by molar-refractivity contribution is 0.415. The van der Waals surface area contributed by atoms with E-state index >= 15 is 0 Å². The van der Waals surface area contributed by atoms with E-state index in [1.165, 1.54) is 0 Å². The van der Waals surface area contributed by atoms with Crippen molar-refractivity contribution in [2.75, 3.05) is 7.11 Å². The highest BCUT2D eigenvalue weighted by Crippen LogP contribution is 2.24. The maximum absolute atomic E-state index is 5.29. The van der Waals surface area contributed by atoms with E-state index in [0.29, 0.717) is 4.64 Å². The van der Waals surface area contributed by atoms with Gasteiger partial charge in [-0.25, -0.2) is 4.98 Å². The Morgan fingerprint density at radius 2 is 2.21 bits per heavy atom. The van der Waals surface area contributed by atoms with Crippen LogP contribution < -0.4 is 4.74 Å². The third-order valence-electron chi connectivity index (χ3n) is 2.78. The number of benzene rings is 1. The lowest BCUT2D eigenvalue weighted by Gasteiger charge is -2.09. The second-order valence-corrected chi connectivity index (χ2v) is 5.34. The Kier molecular flexibility index (Phi) is 4.71. The van der Waals surface area contributed by atoms with Crippen molar-refractivity contribution in [3.8, 4) is 17.1 Å². The Morgan fingerprint density at radius 1 is 1.42 bits per heavy atom. The van der Waals surface area contributed by atoms with Gasteiger partial charge in [-0.3, -0.25) is 0 Å². The van der Waals surface area contributed by atoms with E-state index in [0.717, 1.165) is 40.1 Å². The quantitative estimate of drug-likeness (QED) is 0.832. The summed E-state index contributed by atoms with van der Waals surface area (Å²) in [6.07, 6.45) is 1.98. The summed E-state index contributed by atoms with van der Waals surface area (Å²) in [7, 11) is 1.65. The number of H-pyrrole nitrogens is 1. The zero-order valence-corrected chi connectivity index (χ0v) is 13.3. The van der Waals surface area contributed by atoms with E-state index in [9.17, 15) is 0 Å². The van der Waals surface area contributed by atoms with Crippen LogP contribution in [0.25, 0.3) is 11.4 Å². The highest BCUT2D eigenvalue weighted by atomic mass is 79.9. The van der Waals surface area contributed by atoms with Crippen molar-refractivity contribution >= 4 is 28.1 Å². The van der Waals surface area contributed by atoms with Crippen LogP contribution in [0, 0.1) is 4.64 Å². The number of ether oxygens (including phenoxy) is 1. The topological polar surface area (TPSA) is 37.9 Å². The Hall–Kier alpha value is -1.20. The summed E-state index contributed by atoms with van der Waals surface area (Å²) >= 11 is 8.79. The fraction of sp³-hybridized carbons (Fsp3) is 0.286. The average molecular weight is 339 g/mol. The molecular formula is C14H15BrN2OS. The van der Waals surface area contributed by atoms with Crippen molar-refractivity contribution in [3.63, 3.8) is 0 Å². The molecule has 1 aromatic heterocycles. The molecule has 0 bridgehead atoms. The Balaban J connectivity index is 2.52. The second kappa shape index (κ2) is 6.30. The minimum absolute atomic E-state index is 0.583. The van der Waals surface area contributed by atoms with Crippen LogP contribution in [-0.2, 0) is 6.42 Å². The number of halogens is 1. The van der Waals surface area contributed by atoms with Crippen LogP contribution in [0.2, 0.25) is 0 Å². The molecule has 19 heavy (non-hydrogen) atoms. The molecule has 0 amide bonds. The molecule has 1 heterocycles. The van der Waals surface area contributed by atoms with Crippen molar-refractivity contribution in [3.05, 3.63) is 39.1 Å². The molecule has 100 valence electrons. The molecule has 0 spiro atoms. The molecule has 0 aliphatic carbocycles. The summed E-state index contributed by atoms with van der Waals surface area (Å²) < 4.78 is 6.70. The van der Waals surface area contributed by atoms with Gasteiger partial charge in [-0.15, -0.1) is 0 Å². The van der Waals surface area contributed by atoms with Gasteiger partial charge in [-0.05, 0) is 34.5 Å². The van der Waals surface area contributed by atoms with E-state index in [-0.39, 0.29) is 0 Å². The molecule has 0 saturated carbocycles. The molecule has 2 aromatic rings. The largest absolute Gasteiger partial charge is 0.497 e. The first kappa shape index (κ1) is 14.2. The molecule has 2 rings (SSSR count). The third-order valence-corrected chi connectivity index (χ3v) is 4.19. The molecule has 0 atom stereocenters. The van der Waals surface area contributed by atoms with Gasteiger partial charge in [-0.2, -0.15) is 0 Å². The van der Waals surface area contributed by atoms with E-state index in [1.54, 1.807) is 7.11 Å². The van der Waals surface area contributed by atoms with E-state index in [1.807, 2.05) is 24.3 Å². The lowest BCUT2D eigenvalue weighted by Crippen LogP contribution is -1.98. The number of hydrogen-bond donors (Lipinski definition) is 1. The smallest absolute Gasteiger partial charge is 0.144 e. The van der Waals surface area contributed by atoms with Gasteiger partial charge in [0, 0.05) is 11.3 Å². The molecule has 1 aromatic carbocycles. The molecule has 0 saturated heterocycles. The van der Waals surface area contributed by atoms with Crippen molar-refractivity contribution in [2.45, 2.75) is 19.8 Å². The van der Waals surface area contributed by atoms with Crippen LogP contribution in [-0.4, -0.2) is 17.1 Å². The Bertz CT molecular complexity index is 640. The van der Waals surface area contributed by atoms with Gasteiger partial charge in [0.05, 0.1) is 11.6 Å². The van der Waals surface area contributed by atoms with Gasteiger partial charge < -0.3 is 9.72 Å². The number of rotatable bonds is 4. The molecule has 0 fully saturated rings. The van der Waals surface area contributed by atoms with Crippen molar-refractivity contribution in [2.24, 2.45) is 0 Å². The van der Waals surface area contributed by atoms with Crippen LogP contribution in [0.15, 0.2) is 28.7 Å². The first-order chi connectivity index (χ1) is 9.15.